The summed E-state index contributed by atoms with van der Waals surface area (Å²) in [5.74, 6) is 0.132. The van der Waals surface area contributed by atoms with E-state index in [0.717, 1.165) is 0 Å². The Bertz CT molecular complexity index is 508. The van der Waals surface area contributed by atoms with E-state index >= 15 is 0 Å². The zero-order valence-corrected chi connectivity index (χ0v) is 9.19. The van der Waals surface area contributed by atoms with Gasteiger partial charge < -0.3 is 9.15 Å². The standard InChI is InChI=1S/C11H8ClNO3/c1-15-11(14)7-2-3-8(9(12)4-7)10-5-13-6-16-10/h2-6H,1H3. The van der Waals surface area contributed by atoms with Crippen molar-refractivity contribution in [3.63, 3.8) is 0 Å². The van der Waals surface area contributed by atoms with Crippen LogP contribution in [0.2, 0.25) is 5.02 Å². The summed E-state index contributed by atoms with van der Waals surface area (Å²) in [4.78, 5) is 15.0. The fraction of sp³-hybridized carbons (Fsp3) is 0.0909. The van der Waals surface area contributed by atoms with Crippen LogP contribution in [0, 0.1) is 0 Å². The Hall–Kier alpha value is -1.81. The molecular weight excluding hydrogens is 230 g/mol. The average molecular weight is 238 g/mol. The van der Waals surface area contributed by atoms with Gasteiger partial charge in [0.05, 0.1) is 23.9 Å². The third kappa shape index (κ3) is 1.92. The summed E-state index contributed by atoms with van der Waals surface area (Å²) >= 11 is 6.03. The average Bonchev–Trinajstić information content (AvgIpc) is 2.81. The number of hydrogen-bond acceptors (Lipinski definition) is 4. The van der Waals surface area contributed by atoms with Crippen LogP contribution in [0.1, 0.15) is 10.4 Å². The summed E-state index contributed by atoms with van der Waals surface area (Å²) in [6.45, 7) is 0. The van der Waals surface area contributed by atoms with Crippen LogP contribution in [0.4, 0.5) is 0 Å². The first-order valence-corrected chi connectivity index (χ1v) is 4.87. The van der Waals surface area contributed by atoms with Crippen molar-refractivity contribution in [1.82, 2.24) is 4.98 Å². The number of hydrogen-bond donors (Lipinski definition) is 0. The molecule has 0 radical (unpaired) electrons. The third-order valence-corrected chi connectivity index (χ3v) is 2.40. The van der Waals surface area contributed by atoms with Gasteiger partial charge in [-0.2, -0.15) is 0 Å². The number of rotatable bonds is 2. The Balaban J connectivity index is 2.41. The van der Waals surface area contributed by atoms with Crippen LogP contribution >= 0.6 is 11.6 Å². The van der Waals surface area contributed by atoms with Crippen molar-refractivity contribution in [2.75, 3.05) is 7.11 Å². The van der Waals surface area contributed by atoms with Gasteiger partial charge in [0.1, 0.15) is 0 Å². The zero-order valence-electron chi connectivity index (χ0n) is 8.44. The first kappa shape index (κ1) is 10.7. The van der Waals surface area contributed by atoms with E-state index in [9.17, 15) is 4.79 Å². The molecular formula is C11H8ClNO3. The topological polar surface area (TPSA) is 52.3 Å². The minimum absolute atomic E-state index is 0.399. The SMILES string of the molecule is COC(=O)c1ccc(-c2cnco2)c(Cl)c1. The number of nitrogens with zero attached hydrogens (tertiary/aromatic N) is 1. The summed E-state index contributed by atoms with van der Waals surface area (Å²) in [6, 6.07) is 4.84. The van der Waals surface area contributed by atoms with Crippen LogP contribution < -0.4 is 0 Å². The second-order valence-corrected chi connectivity index (χ2v) is 3.46. The molecule has 0 N–H and O–H groups in total. The molecule has 1 aromatic carbocycles. The fourth-order valence-electron chi connectivity index (χ4n) is 1.31. The molecule has 0 aliphatic heterocycles. The number of esters is 1. The molecule has 2 rings (SSSR count). The number of carbonyl (C=O) groups is 1. The first-order valence-electron chi connectivity index (χ1n) is 4.49. The molecule has 0 aliphatic carbocycles. The highest BCUT2D eigenvalue weighted by atomic mass is 35.5. The Morgan fingerprint density at radius 3 is 2.88 bits per heavy atom. The minimum Gasteiger partial charge on any atom is -0.465 e. The maximum absolute atomic E-state index is 11.2. The summed E-state index contributed by atoms with van der Waals surface area (Å²) in [5, 5.41) is 0.416. The lowest BCUT2D eigenvalue weighted by Gasteiger charge is -2.03. The molecule has 82 valence electrons. The molecule has 16 heavy (non-hydrogen) atoms. The van der Waals surface area contributed by atoms with Gasteiger partial charge in [0, 0.05) is 5.56 Å². The van der Waals surface area contributed by atoms with Gasteiger partial charge in [0.2, 0.25) is 0 Å². The Morgan fingerprint density at radius 2 is 2.31 bits per heavy atom. The molecule has 1 heterocycles. The molecule has 0 amide bonds. The Kier molecular flexibility index (Phi) is 2.92. The van der Waals surface area contributed by atoms with Crippen LogP contribution in [-0.4, -0.2) is 18.1 Å². The highest BCUT2D eigenvalue weighted by Crippen LogP contribution is 2.28. The first-order chi connectivity index (χ1) is 7.72. The van der Waals surface area contributed by atoms with Gasteiger partial charge in [-0.1, -0.05) is 11.6 Å². The number of aromatic nitrogens is 1. The van der Waals surface area contributed by atoms with Crippen molar-refractivity contribution in [2.24, 2.45) is 0 Å². The van der Waals surface area contributed by atoms with E-state index in [2.05, 4.69) is 9.72 Å². The Morgan fingerprint density at radius 1 is 1.50 bits per heavy atom. The highest BCUT2D eigenvalue weighted by molar-refractivity contribution is 6.33. The zero-order chi connectivity index (χ0) is 11.5. The maximum Gasteiger partial charge on any atom is 0.337 e. The molecule has 0 atom stereocenters. The molecule has 0 bridgehead atoms. The summed E-state index contributed by atoms with van der Waals surface area (Å²) in [5.41, 5.74) is 1.09. The monoisotopic (exact) mass is 237 g/mol. The largest absolute Gasteiger partial charge is 0.465 e. The van der Waals surface area contributed by atoms with Gasteiger partial charge in [0.25, 0.3) is 0 Å². The molecule has 0 fully saturated rings. The van der Waals surface area contributed by atoms with Gasteiger partial charge in [-0.25, -0.2) is 9.78 Å². The lowest BCUT2D eigenvalue weighted by atomic mass is 10.1. The molecule has 0 unspecified atom stereocenters. The maximum atomic E-state index is 11.2. The molecule has 5 heteroatoms. The summed E-state index contributed by atoms with van der Waals surface area (Å²) < 4.78 is 9.70. The van der Waals surface area contributed by atoms with E-state index in [-0.39, 0.29) is 0 Å². The van der Waals surface area contributed by atoms with Gasteiger partial charge in [0.15, 0.2) is 12.2 Å². The molecule has 0 saturated heterocycles. The van der Waals surface area contributed by atoms with Crippen molar-refractivity contribution in [3.05, 3.63) is 41.4 Å². The molecule has 0 spiro atoms. The molecule has 4 nitrogen and oxygen atoms in total. The lowest BCUT2D eigenvalue weighted by Crippen LogP contribution is -2.00. The molecule has 0 saturated carbocycles. The Labute approximate surface area is 96.8 Å². The van der Waals surface area contributed by atoms with Crippen molar-refractivity contribution in [1.29, 1.82) is 0 Å². The van der Waals surface area contributed by atoms with Crippen molar-refractivity contribution < 1.29 is 13.9 Å². The van der Waals surface area contributed by atoms with Crippen LogP contribution in [0.25, 0.3) is 11.3 Å². The number of ether oxygens (including phenoxy) is 1. The number of halogens is 1. The van der Waals surface area contributed by atoms with Crippen molar-refractivity contribution in [2.45, 2.75) is 0 Å². The molecule has 1 aromatic heterocycles. The van der Waals surface area contributed by atoms with E-state index in [0.29, 0.717) is 21.9 Å². The summed E-state index contributed by atoms with van der Waals surface area (Å²) in [7, 11) is 1.32. The van der Waals surface area contributed by atoms with Crippen LogP contribution in [0.5, 0.6) is 0 Å². The van der Waals surface area contributed by atoms with E-state index in [4.69, 9.17) is 16.0 Å². The second kappa shape index (κ2) is 4.37. The number of methoxy groups -OCH3 is 1. The van der Waals surface area contributed by atoms with E-state index in [1.54, 1.807) is 18.3 Å². The number of carbonyl (C=O) groups excluding carboxylic acids is 1. The predicted molar refractivity (Wildman–Crippen MR) is 58.3 cm³/mol. The smallest absolute Gasteiger partial charge is 0.337 e. The van der Waals surface area contributed by atoms with E-state index in [1.807, 2.05) is 0 Å². The lowest BCUT2D eigenvalue weighted by molar-refractivity contribution is 0.0601. The highest BCUT2D eigenvalue weighted by Gasteiger charge is 2.11. The fourth-order valence-corrected chi connectivity index (χ4v) is 1.58. The molecule has 2 aromatic rings. The number of benzene rings is 1. The molecule has 0 aliphatic rings. The van der Waals surface area contributed by atoms with Gasteiger partial charge >= 0.3 is 5.97 Å². The van der Waals surface area contributed by atoms with Crippen molar-refractivity contribution in [3.8, 4) is 11.3 Å². The van der Waals surface area contributed by atoms with E-state index < -0.39 is 5.97 Å². The second-order valence-electron chi connectivity index (χ2n) is 3.05. The van der Waals surface area contributed by atoms with Crippen molar-refractivity contribution >= 4 is 17.6 Å². The van der Waals surface area contributed by atoms with Gasteiger partial charge in [-0.05, 0) is 18.2 Å². The van der Waals surface area contributed by atoms with Crippen LogP contribution in [0.15, 0.2) is 35.2 Å². The predicted octanol–water partition coefficient (Wildman–Crippen LogP) is 2.78. The van der Waals surface area contributed by atoms with Gasteiger partial charge in [-0.15, -0.1) is 0 Å². The summed E-state index contributed by atoms with van der Waals surface area (Å²) in [6.07, 6.45) is 2.87. The number of oxazole rings is 1. The van der Waals surface area contributed by atoms with E-state index in [1.165, 1.54) is 19.6 Å². The van der Waals surface area contributed by atoms with Crippen LogP contribution in [0.3, 0.4) is 0 Å². The third-order valence-electron chi connectivity index (χ3n) is 2.09. The van der Waals surface area contributed by atoms with Gasteiger partial charge in [-0.3, -0.25) is 0 Å². The normalized spacial score (nSPS) is 10.1. The minimum atomic E-state index is -0.425. The van der Waals surface area contributed by atoms with Crippen LogP contribution in [-0.2, 0) is 4.74 Å². The quantitative estimate of drug-likeness (QED) is 0.754.